The lowest BCUT2D eigenvalue weighted by Gasteiger charge is -2.34. The normalized spacial score (nSPS) is 13.1. The molecule has 12 nitrogen and oxygen atoms in total. The van der Waals surface area contributed by atoms with Crippen molar-refractivity contribution in [2.75, 3.05) is 45.3 Å². The number of benzene rings is 2. The van der Waals surface area contributed by atoms with Gasteiger partial charge in [0.05, 0.1) is 31.9 Å². The Hall–Kier alpha value is -5.65. The Kier molecular flexibility index (Phi) is 8.19. The Morgan fingerprint density at radius 2 is 1.67 bits per heavy atom. The van der Waals surface area contributed by atoms with E-state index >= 15 is 0 Å². The molecule has 0 aliphatic carbocycles. The van der Waals surface area contributed by atoms with Crippen molar-refractivity contribution in [2.24, 2.45) is 0 Å². The summed E-state index contributed by atoms with van der Waals surface area (Å²) in [5.74, 6) is 1.58. The molecule has 45 heavy (non-hydrogen) atoms. The summed E-state index contributed by atoms with van der Waals surface area (Å²) in [6.45, 7) is 4.20. The highest BCUT2D eigenvalue weighted by Gasteiger charge is 2.26. The van der Waals surface area contributed by atoms with Crippen molar-refractivity contribution in [1.82, 2.24) is 24.8 Å². The van der Waals surface area contributed by atoms with Crippen LogP contribution >= 0.6 is 0 Å². The Morgan fingerprint density at radius 1 is 0.911 bits per heavy atom. The van der Waals surface area contributed by atoms with E-state index in [1.54, 1.807) is 67.7 Å². The van der Waals surface area contributed by atoms with Crippen LogP contribution in [0.2, 0.25) is 0 Å². The molecule has 0 bridgehead atoms. The minimum absolute atomic E-state index is 0.151. The summed E-state index contributed by atoms with van der Waals surface area (Å²) in [6, 6.07) is 18.8. The number of rotatable bonds is 8. The largest absolute Gasteiger partial charge is 0.493 e. The lowest BCUT2D eigenvalue weighted by atomic mass is 10.1. The molecule has 6 rings (SSSR count). The van der Waals surface area contributed by atoms with Gasteiger partial charge < -0.3 is 29.0 Å². The average molecular weight is 609 g/mol. The zero-order chi connectivity index (χ0) is 31.5. The summed E-state index contributed by atoms with van der Waals surface area (Å²) in [5.41, 5.74) is 2.80. The molecule has 1 fully saturated rings. The Bertz CT molecular complexity index is 1910. The number of piperazine rings is 1. The van der Waals surface area contributed by atoms with Crippen molar-refractivity contribution in [3.8, 4) is 17.2 Å². The van der Waals surface area contributed by atoms with Crippen LogP contribution in [0.25, 0.3) is 16.7 Å². The highest BCUT2D eigenvalue weighted by molar-refractivity contribution is 5.94. The number of carbonyl (C=O) groups is 2. The summed E-state index contributed by atoms with van der Waals surface area (Å²) >= 11 is 0. The molecule has 230 valence electrons. The van der Waals surface area contributed by atoms with E-state index in [4.69, 9.17) is 23.9 Å². The number of pyridine rings is 1. The molecule has 1 saturated heterocycles. The number of aromatic nitrogens is 3. The molecule has 0 saturated carbocycles. The van der Waals surface area contributed by atoms with E-state index in [2.05, 4.69) is 5.32 Å². The van der Waals surface area contributed by atoms with E-state index in [1.807, 2.05) is 24.0 Å². The molecule has 1 aliphatic rings. The van der Waals surface area contributed by atoms with Crippen molar-refractivity contribution >= 4 is 28.8 Å². The van der Waals surface area contributed by atoms with Crippen LogP contribution in [0.5, 0.6) is 11.5 Å². The van der Waals surface area contributed by atoms with Crippen LogP contribution in [0, 0.1) is 6.92 Å². The van der Waals surface area contributed by atoms with Crippen LogP contribution in [-0.2, 0) is 6.54 Å². The second kappa shape index (κ2) is 12.5. The first-order valence-corrected chi connectivity index (χ1v) is 14.4. The minimum atomic E-state index is -0.258. The number of nitrogens with one attached hydrogen (secondary N) is 1. The maximum atomic E-state index is 13.2. The number of aryl methyl sites for hydroxylation is 1. The zero-order valence-corrected chi connectivity index (χ0v) is 25.1. The molecule has 4 heterocycles. The first kappa shape index (κ1) is 29.4. The van der Waals surface area contributed by atoms with E-state index in [-0.39, 0.29) is 17.4 Å². The zero-order valence-electron chi connectivity index (χ0n) is 25.1. The molecule has 3 aromatic heterocycles. The molecular weight excluding hydrogens is 576 g/mol. The predicted octanol–water partition coefficient (Wildman–Crippen LogP) is 3.59. The van der Waals surface area contributed by atoms with Gasteiger partial charge in [-0.3, -0.25) is 19.0 Å². The van der Waals surface area contributed by atoms with Crippen molar-refractivity contribution in [2.45, 2.75) is 13.5 Å². The number of furan rings is 1. The number of ether oxygens (including phenoxy) is 2. The van der Waals surface area contributed by atoms with Crippen LogP contribution in [0.3, 0.4) is 0 Å². The number of methoxy groups -OCH3 is 2. The van der Waals surface area contributed by atoms with Crippen molar-refractivity contribution in [3.05, 3.63) is 106 Å². The smallest absolute Gasteiger partial charge is 0.289 e. The fraction of sp³-hybridized carbons (Fsp3) is 0.242. The van der Waals surface area contributed by atoms with E-state index in [9.17, 15) is 14.4 Å². The summed E-state index contributed by atoms with van der Waals surface area (Å²) < 4.78 is 17.4. The van der Waals surface area contributed by atoms with Gasteiger partial charge in [0.25, 0.3) is 17.4 Å². The maximum absolute atomic E-state index is 13.2. The molecule has 0 unspecified atom stereocenters. The number of nitrogens with zero attached hydrogens (tertiary/aromatic N) is 5. The van der Waals surface area contributed by atoms with Gasteiger partial charge in [-0.05, 0) is 67.1 Å². The molecule has 0 radical (unpaired) electrons. The number of amides is 2. The fourth-order valence-electron chi connectivity index (χ4n) is 5.34. The number of hydrogen-bond donors (Lipinski definition) is 1. The first-order chi connectivity index (χ1) is 21.9. The lowest BCUT2D eigenvalue weighted by molar-refractivity contribution is 0.0714. The highest BCUT2D eigenvalue weighted by atomic mass is 16.5. The van der Waals surface area contributed by atoms with E-state index in [0.717, 1.165) is 16.6 Å². The van der Waals surface area contributed by atoms with Gasteiger partial charge in [-0.25, -0.2) is 4.98 Å². The van der Waals surface area contributed by atoms with E-state index < -0.39 is 0 Å². The standard InChI is InChI=1S/C33H32N6O6/c1-21-25-11-13-29(40)39(30(25)36-33(35-21)38-16-14-37(15-17-38)32(42)27-5-4-18-45-27)24-9-7-23(8-10-24)31(41)34-20-22-6-12-26(43-2)28(19-22)44-3/h4-13,18-19H,14-17,20H2,1-3H3,(H,34,41). The van der Waals surface area contributed by atoms with E-state index in [1.165, 1.54) is 16.9 Å². The Balaban J connectivity index is 1.20. The SMILES string of the molecule is COc1ccc(CNC(=O)c2ccc(-n3c(=O)ccc4c(C)nc(N5CCN(C(=O)c6ccco6)CC5)nc43)cc2)cc1OC. The molecule has 1 N–H and O–H groups in total. The third kappa shape index (κ3) is 5.94. The van der Waals surface area contributed by atoms with Crippen molar-refractivity contribution in [3.63, 3.8) is 0 Å². The summed E-state index contributed by atoms with van der Waals surface area (Å²) in [7, 11) is 3.13. The van der Waals surface area contributed by atoms with Gasteiger partial charge in [0, 0.05) is 49.7 Å². The highest BCUT2D eigenvalue weighted by Crippen LogP contribution is 2.27. The van der Waals surface area contributed by atoms with Crippen molar-refractivity contribution in [1.29, 1.82) is 0 Å². The van der Waals surface area contributed by atoms with Gasteiger partial charge in [0.1, 0.15) is 0 Å². The lowest BCUT2D eigenvalue weighted by Crippen LogP contribution is -2.49. The molecule has 2 amide bonds. The topological polar surface area (TPSA) is 132 Å². The first-order valence-electron chi connectivity index (χ1n) is 14.4. The van der Waals surface area contributed by atoms with Gasteiger partial charge >= 0.3 is 0 Å². The summed E-state index contributed by atoms with van der Waals surface area (Å²) in [4.78, 5) is 52.1. The number of anilines is 1. The summed E-state index contributed by atoms with van der Waals surface area (Å²) in [6.07, 6.45) is 1.49. The van der Waals surface area contributed by atoms with Gasteiger partial charge in [0.15, 0.2) is 22.9 Å². The fourth-order valence-corrected chi connectivity index (χ4v) is 5.34. The molecule has 1 aliphatic heterocycles. The molecule has 0 atom stereocenters. The van der Waals surface area contributed by atoms with Crippen LogP contribution in [0.1, 0.15) is 32.2 Å². The van der Waals surface area contributed by atoms with E-state index in [0.29, 0.717) is 72.8 Å². The van der Waals surface area contributed by atoms with Gasteiger partial charge in [-0.1, -0.05) is 6.07 Å². The third-order valence-corrected chi connectivity index (χ3v) is 7.80. The average Bonchev–Trinajstić information content (AvgIpc) is 3.62. The third-order valence-electron chi connectivity index (χ3n) is 7.80. The van der Waals surface area contributed by atoms with Gasteiger partial charge in [0.2, 0.25) is 5.95 Å². The predicted molar refractivity (Wildman–Crippen MR) is 167 cm³/mol. The second-order valence-corrected chi connectivity index (χ2v) is 10.5. The molecule has 0 spiro atoms. The van der Waals surface area contributed by atoms with Crippen LogP contribution in [0.4, 0.5) is 5.95 Å². The van der Waals surface area contributed by atoms with Gasteiger partial charge in [-0.15, -0.1) is 0 Å². The van der Waals surface area contributed by atoms with Crippen LogP contribution in [0.15, 0.2) is 82.2 Å². The number of hydrogen-bond acceptors (Lipinski definition) is 9. The maximum Gasteiger partial charge on any atom is 0.289 e. The molecular formula is C33H32N6O6. The Morgan fingerprint density at radius 3 is 2.36 bits per heavy atom. The number of fused-ring (bicyclic) bond motifs is 1. The van der Waals surface area contributed by atoms with Crippen LogP contribution in [-0.4, -0.2) is 71.6 Å². The number of carbonyl (C=O) groups excluding carboxylic acids is 2. The van der Waals surface area contributed by atoms with Gasteiger partial charge in [-0.2, -0.15) is 4.98 Å². The minimum Gasteiger partial charge on any atom is -0.493 e. The molecule has 5 aromatic rings. The second-order valence-electron chi connectivity index (χ2n) is 10.5. The summed E-state index contributed by atoms with van der Waals surface area (Å²) in [5, 5.41) is 3.65. The molecule has 2 aromatic carbocycles. The van der Waals surface area contributed by atoms with Crippen LogP contribution < -0.4 is 25.2 Å². The van der Waals surface area contributed by atoms with Crippen molar-refractivity contribution < 1.29 is 23.5 Å². The molecule has 12 heteroatoms. The monoisotopic (exact) mass is 608 g/mol. The Labute approximate surface area is 258 Å². The quantitative estimate of drug-likeness (QED) is 0.281.